The Labute approximate surface area is 151 Å². The summed E-state index contributed by atoms with van der Waals surface area (Å²) < 4.78 is 10.7. The van der Waals surface area contributed by atoms with Gasteiger partial charge in [0.2, 0.25) is 0 Å². The van der Waals surface area contributed by atoms with Gasteiger partial charge >= 0.3 is 5.97 Å². The molecule has 0 bridgehead atoms. The van der Waals surface area contributed by atoms with Crippen LogP contribution in [-0.2, 0) is 4.79 Å². The van der Waals surface area contributed by atoms with Gasteiger partial charge in [-0.1, -0.05) is 0 Å². The maximum Gasteiger partial charge on any atom is 0.308 e. The quantitative estimate of drug-likeness (QED) is 0.673. The Morgan fingerprint density at radius 3 is 2.46 bits per heavy atom. The van der Waals surface area contributed by atoms with Crippen molar-refractivity contribution in [1.82, 2.24) is 0 Å². The number of carbonyl (C=O) groups excluding carboxylic acids is 3. The second-order valence-electron chi connectivity index (χ2n) is 6.74. The van der Waals surface area contributed by atoms with Gasteiger partial charge in [0.05, 0.1) is 12.0 Å². The van der Waals surface area contributed by atoms with E-state index in [0.29, 0.717) is 28.3 Å². The highest BCUT2D eigenvalue weighted by atomic mass is 16.5. The van der Waals surface area contributed by atoms with E-state index < -0.39 is 11.6 Å². The number of benzene rings is 2. The van der Waals surface area contributed by atoms with Crippen molar-refractivity contribution in [2.45, 2.75) is 32.8 Å². The molecule has 0 saturated carbocycles. The van der Waals surface area contributed by atoms with Gasteiger partial charge in [-0.05, 0) is 56.3 Å². The zero-order valence-corrected chi connectivity index (χ0v) is 14.8. The molecule has 2 aromatic rings. The van der Waals surface area contributed by atoms with Crippen molar-refractivity contribution in [2.24, 2.45) is 0 Å². The van der Waals surface area contributed by atoms with Crippen molar-refractivity contribution >= 4 is 23.3 Å². The highest BCUT2D eigenvalue weighted by molar-refractivity contribution is 6.06. The van der Waals surface area contributed by atoms with Crippen LogP contribution in [0.4, 0.5) is 5.69 Å². The first-order chi connectivity index (χ1) is 12.2. The number of ketones is 1. The standard InChI is InChI=1S/C20H19NO5/c1-12(22)25-15-7-4-13(5-8-15)19(24)21-14-6-9-18-16(10-14)17(23)11-20(2,3)26-18/h4-10H,11H2,1-3H3,(H,21,24). The Hall–Kier alpha value is -3.15. The molecule has 134 valence electrons. The number of hydrogen-bond acceptors (Lipinski definition) is 5. The molecule has 0 spiro atoms. The van der Waals surface area contributed by atoms with Gasteiger partial charge in [0, 0.05) is 18.2 Å². The first-order valence-corrected chi connectivity index (χ1v) is 8.20. The number of amides is 1. The van der Waals surface area contributed by atoms with Crippen LogP contribution in [0.1, 0.15) is 47.9 Å². The van der Waals surface area contributed by atoms with Crippen LogP contribution in [0.25, 0.3) is 0 Å². The van der Waals surface area contributed by atoms with Gasteiger partial charge in [-0.15, -0.1) is 0 Å². The Kier molecular flexibility index (Phi) is 4.50. The minimum Gasteiger partial charge on any atom is -0.487 e. The molecular weight excluding hydrogens is 334 g/mol. The van der Waals surface area contributed by atoms with E-state index in [0.717, 1.165) is 0 Å². The van der Waals surface area contributed by atoms with Crippen molar-refractivity contribution in [3.05, 3.63) is 53.6 Å². The van der Waals surface area contributed by atoms with Gasteiger partial charge in [-0.2, -0.15) is 0 Å². The summed E-state index contributed by atoms with van der Waals surface area (Å²) in [6.07, 6.45) is 0.287. The molecule has 0 aliphatic carbocycles. The molecule has 1 aliphatic rings. The lowest BCUT2D eigenvalue weighted by Crippen LogP contribution is -2.35. The SMILES string of the molecule is CC(=O)Oc1ccc(C(=O)Nc2ccc3c(c2)C(=O)CC(C)(C)O3)cc1. The molecule has 1 heterocycles. The third-order valence-electron chi connectivity index (χ3n) is 3.89. The van der Waals surface area contributed by atoms with E-state index in [1.165, 1.54) is 6.92 Å². The molecule has 0 aromatic heterocycles. The normalized spacial score (nSPS) is 14.8. The number of ether oxygens (including phenoxy) is 2. The van der Waals surface area contributed by atoms with Crippen LogP contribution in [0.3, 0.4) is 0 Å². The summed E-state index contributed by atoms with van der Waals surface area (Å²) >= 11 is 0. The van der Waals surface area contributed by atoms with Crippen molar-refractivity contribution in [3.63, 3.8) is 0 Å². The van der Waals surface area contributed by atoms with Crippen molar-refractivity contribution < 1.29 is 23.9 Å². The van der Waals surface area contributed by atoms with Gasteiger partial charge in [0.1, 0.15) is 17.1 Å². The largest absolute Gasteiger partial charge is 0.487 e. The molecule has 1 aliphatic heterocycles. The fraction of sp³-hybridized carbons (Fsp3) is 0.250. The molecule has 0 atom stereocenters. The number of fused-ring (bicyclic) bond motifs is 1. The molecule has 3 rings (SSSR count). The topological polar surface area (TPSA) is 81.7 Å². The Morgan fingerprint density at radius 1 is 1.12 bits per heavy atom. The lowest BCUT2D eigenvalue weighted by Gasteiger charge is -2.31. The van der Waals surface area contributed by atoms with Gasteiger partial charge in [-0.25, -0.2) is 0 Å². The maximum atomic E-state index is 12.4. The van der Waals surface area contributed by atoms with Crippen LogP contribution in [0.5, 0.6) is 11.5 Å². The van der Waals surface area contributed by atoms with Crippen LogP contribution in [0, 0.1) is 0 Å². The van der Waals surface area contributed by atoms with Crippen molar-refractivity contribution in [2.75, 3.05) is 5.32 Å². The summed E-state index contributed by atoms with van der Waals surface area (Å²) in [6.45, 7) is 5.04. The number of hydrogen-bond donors (Lipinski definition) is 1. The molecule has 1 N–H and O–H groups in total. The fourth-order valence-corrected chi connectivity index (χ4v) is 2.77. The summed E-state index contributed by atoms with van der Waals surface area (Å²) in [4.78, 5) is 35.6. The van der Waals surface area contributed by atoms with E-state index in [9.17, 15) is 14.4 Å². The van der Waals surface area contributed by atoms with Crippen LogP contribution in [-0.4, -0.2) is 23.3 Å². The molecule has 6 nitrogen and oxygen atoms in total. The lowest BCUT2D eigenvalue weighted by molar-refractivity contribution is -0.131. The minimum atomic E-state index is -0.529. The van der Waals surface area contributed by atoms with E-state index in [4.69, 9.17) is 9.47 Å². The summed E-state index contributed by atoms with van der Waals surface area (Å²) in [6, 6.07) is 11.2. The predicted molar refractivity (Wildman–Crippen MR) is 95.8 cm³/mol. The van der Waals surface area contributed by atoms with Gasteiger partial charge in [0.25, 0.3) is 5.91 Å². The third-order valence-corrected chi connectivity index (χ3v) is 3.89. The fourth-order valence-electron chi connectivity index (χ4n) is 2.77. The number of Topliss-reactive ketones (excluding diaryl/α,β-unsaturated/α-hetero) is 1. The average molecular weight is 353 g/mol. The molecule has 1 amide bonds. The highest BCUT2D eigenvalue weighted by Crippen LogP contribution is 2.34. The predicted octanol–water partition coefficient (Wildman–Crippen LogP) is 3.61. The molecule has 6 heteroatoms. The minimum absolute atomic E-state index is 0.0157. The van der Waals surface area contributed by atoms with Crippen molar-refractivity contribution in [1.29, 1.82) is 0 Å². The van der Waals surface area contributed by atoms with E-state index in [1.807, 2.05) is 13.8 Å². The van der Waals surface area contributed by atoms with Crippen LogP contribution in [0.15, 0.2) is 42.5 Å². The Bertz CT molecular complexity index is 884. The zero-order valence-electron chi connectivity index (χ0n) is 14.8. The van der Waals surface area contributed by atoms with E-state index >= 15 is 0 Å². The lowest BCUT2D eigenvalue weighted by atomic mass is 9.93. The van der Waals surface area contributed by atoms with Gasteiger partial charge < -0.3 is 14.8 Å². The first-order valence-electron chi connectivity index (χ1n) is 8.20. The van der Waals surface area contributed by atoms with Gasteiger partial charge in [-0.3, -0.25) is 14.4 Å². The number of esters is 1. The number of carbonyl (C=O) groups is 3. The van der Waals surface area contributed by atoms with E-state index in [2.05, 4.69) is 5.32 Å². The summed E-state index contributed by atoms with van der Waals surface area (Å²) in [5, 5.41) is 2.76. The van der Waals surface area contributed by atoms with Crippen LogP contribution >= 0.6 is 0 Å². The monoisotopic (exact) mass is 353 g/mol. The first kappa shape index (κ1) is 17.7. The number of nitrogens with one attached hydrogen (secondary N) is 1. The number of rotatable bonds is 3. The molecular formula is C20H19NO5. The van der Waals surface area contributed by atoms with Gasteiger partial charge in [0.15, 0.2) is 5.78 Å². The zero-order chi connectivity index (χ0) is 18.9. The van der Waals surface area contributed by atoms with Crippen LogP contribution < -0.4 is 14.8 Å². The Balaban J connectivity index is 1.75. The summed E-state index contributed by atoms with van der Waals surface area (Å²) in [5.41, 5.74) is 0.850. The molecule has 26 heavy (non-hydrogen) atoms. The second kappa shape index (κ2) is 6.63. The average Bonchev–Trinajstić information content (AvgIpc) is 2.54. The molecule has 0 radical (unpaired) electrons. The highest BCUT2D eigenvalue weighted by Gasteiger charge is 2.32. The third kappa shape index (κ3) is 3.91. The second-order valence-corrected chi connectivity index (χ2v) is 6.74. The smallest absolute Gasteiger partial charge is 0.308 e. The Morgan fingerprint density at radius 2 is 1.81 bits per heavy atom. The summed E-state index contributed by atoms with van der Waals surface area (Å²) in [7, 11) is 0. The summed E-state index contributed by atoms with van der Waals surface area (Å²) in [5.74, 6) is 0.122. The van der Waals surface area contributed by atoms with Crippen molar-refractivity contribution in [3.8, 4) is 11.5 Å². The maximum absolute atomic E-state index is 12.4. The molecule has 0 saturated heterocycles. The number of anilines is 1. The molecule has 0 unspecified atom stereocenters. The van der Waals surface area contributed by atoms with E-state index in [-0.39, 0.29) is 18.1 Å². The molecule has 0 fully saturated rings. The molecule has 2 aromatic carbocycles. The van der Waals surface area contributed by atoms with Crippen LogP contribution in [0.2, 0.25) is 0 Å². The van der Waals surface area contributed by atoms with E-state index in [1.54, 1.807) is 42.5 Å².